The van der Waals surface area contributed by atoms with E-state index in [1.807, 2.05) is 19.1 Å². The Hall–Kier alpha value is -1.91. The van der Waals surface area contributed by atoms with E-state index < -0.39 is 6.10 Å². The average molecular weight is 368 g/mol. The Morgan fingerprint density at radius 1 is 1.08 bits per heavy atom. The van der Waals surface area contributed by atoms with Gasteiger partial charge in [0.15, 0.2) is 17.6 Å². The van der Waals surface area contributed by atoms with E-state index in [-0.39, 0.29) is 11.9 Å². The molecule has 2 aromatic rings. The van der Waals surface area contributed by atoms with Crippen LogP contribution in [-0.2, 0) is 4.79 Å². The van der Waals surface area contributed by atoms with Gasteiger partial charge in [-0.25, -0.2) is 0 Å². The van der Waals surface area contributed by atoms with Crippen LogP contribution in [0.15, 0.2) is 42.5 Å². The van der Waals surface area contributed by atoms with Crippen LogP contribution in [0.2, 0.25) is 10.0 Å². The Morgan fingerprint density at radius 2 is 1.75 bits per heavy atom. The predicted molar refractivity (Wildman–Crippen MR) is 96.1 cm³/mol. The number of benzene rings is 2. The van der Waals surface area contributed by atoms with Gasteiger partial charge in [-0.3, -0.25) is 4.79 Å². The number of hydrogen-bond donors (Lipinski definition) is 1. The molecule has 0 aliphatic rings. The summed E-state index contributed by atoms with van der Waals surface area (Å²) in [5, 5.41) is 3.94. The number of halogens is 2. The maximum Gasteiger partial charge on any atom is 0.261 e. The van der Waals surface area contributed by atoms with Crippen LogP contribution in [0.5, 0.6) is 11.5 Å². The largest absolute Gasteiger partial charge is 0.493 e. The van der Waals surface area contributed by atoms with Crippen molar-refractivity contribution >= 4 is 29.1 Å². The number of rotatable bonds is 6. The summed E-state index contributed by atoms with van der Waals surface area (Å²) in [6, 6.07) is 12.1. The van der Waals surface area contributed by atoms with Crippen molar-refractivity contribution < 1.29 is 14.3 Å². The normalized spacial score (nSPS) is 13.0. The molecule has 1 N–H and O–H groups in total. The molecular weight excluding hydrogens is 349 g/mol. The fourth-order valence-corrected chi connectivity index (χ4v) is 2.79. The third kappa shape index (κ3) is 4.56. The van der Waals surface area contributed by atoms with Crippen LogP contribution in [0, 0.1) is 0 Å². The topological polar surface area (TPSA) is 47.6 Å². The Bertz CT molecular complexity index is 721. The zero-order valence-electron chi connectivity index (χ0n) is 13.7. The minimum atomic E-state index is -0.685. The van der Waals surface area contributed by atoms with E-state index in [2.05, 4.69) is 5.32 Å². The molecule has 2 rings (SSSR count). The van der Waals surface area contributed by atoms with E-state index in [0.29, 0.717) is 21.5 Å². The first kappa shape index (κ1) is 18.4. The SMILES string of the molecule is COc1ccccc1O[C@@H](C)C(=O)N[C@@H](C)c1ccc(Cl)cc1Cl. The molecule has 0 bridgehead atoms. The van der Waals surface area contributed by atoms with Crippen molar-refractivity contribution in [3.05, 3.63) is 58.1 Å². The molecule has 6 heteroatoms. The van der Waals surface area contributed by atoms with Gasteiger partial charge >= 0.3 is 0 Å². The summed E-state index contributed by atoms with van der Waals surface area (Å²) in [6.45, 7) is 3.53. The van der Waals surface area contributed by atoms with Gasteiger partial charge in [0.25, 0.3) is 5.91 Å². The van der Waals surface area contributed by atoms with Crippen LogP contribution < -0.4 is 14.8 Å². The van der Waals surface area contributed by atoms with Crippen molar-refractivity contribution in [3.63, 3.8) is 0 Å². The summed E-state index contributed by atoms with van der Waals surface area (Å²) in [6.07, 6.45) is -0.685. The molecule has 0 saturated carbocycles. The van der Waals surface area contributed by atoms with Crippen LogP contribution in [0.25, 0.3) is 0 Å². The van der Waals surface area contributed by atoms with Gasteiger partial charge in [0.05, 0.1) is 13.2 Å². The van der Waals surface area contributed by atoms with Crippen molar-refractivity contribution in [1.29, 1.82) is 0 Å². The van der Waals surface area contributed by atoms with Crippen LogP contribution in [0.1, 0.15) is 25.5 Å². The fourth-order valence-electron chi connectivity index (χ4n) is 2.22. The van der Waals surface area contributed by atoms with Gasteiger partial charge in [0.1, 0.15) is 0 Å². The summed E-state index contributed by atoms with van der Waals surface area (Å²) in [5.74, 6) is 0.838. The van der Waals surface area contributed by atoms with Crippen molar-refractivity contribution in [2.75, 3.05) is 7.11 Å². The van der Waals surface area contributed by atoms with E-state index >= 15 is 0 Å². The molecule has 0 aliphatic carbocycles. The molecule has 128 valence electrons. The van der Waals surface area contributed by atoms with Gasteiger partial charge < -0.3 is 14.8 Å². The Morgan fingerprint density at radius 3 is 2.38 bits per heavy atom. The van der Waals surface area contributed by atoms with Crippen molar-refractivity contribution in [2.45, 2.75) is 26.0 Å². The highest BCUT2D eigenvalue weighted by molar-refractivity contribution is 6.35. The van der Waals surface area contributed by atoms with E-state index in [1.165, 1.54) is 0 Å². The Balaban J connectivity index is 2.03. The molecule has 2 aromatic carbocycles. The fraction of sp³-hybridized carbons (Fsp3) is 0.278. The summed E-state index contributed by atoms with van der Waals surface area (Å²) in [7, 11) is 1.55. The number of methoxy groups -OCH3 is 1. The molecule has 2 atom stereocenters. The third-order valence-corrected chi connectivity index (χ3v) is 4.09. The van der Waals surface area contributed by atoms with Crippen LogP contribution in [0.3, 0.4) is 0 Å². The van der Waals surface area contributed by atoms with Gasteiger partial charge in [-0.1, -0.05) is 41.4 Å². The number of amides is 1. The van der Waals surface area contributed by atoms with Gasteiger partial charge in [-0.2, -0.15) is 0 Å². The Labute approximate surface area is 151 Å². The first-order valence-corrected chi connectivity index (χ1v) is 8.23. The number of ether oxygens (including phenoxy) is 2. The smallest absolute Gasteiger partial charge is 0.261 e. The summed E-state index contributed by atoms with van der Waals surface area (Å²) < 4.78 is 10.9. The van der Waals surface area contributed by atoms with Crippen LogP contribution in [0.4, 0.5) is 0 Å². The molecular formula is C18H19Cl2NO3. The second-order valence-corrected chi connectivity index (χ2v) is 6.15. The molecule has 0 aromatic heterocycles. The quantitative estimate of drug-likeness (QED) is 0.808. The summed E-state index contributed by atoms with van der Waals surface area (Å²) >= 11 is 12.1. The molecule has 0 radical (unpaired) electrons. The van der Waals surface area contributed by atoms with E-state index in [4.69, 9.17) is 32.7 Å². The maximum atomic E-state index is 12.4. The van der Waals surface area contributed by atoms with Gasteiger partial charge in [0.2, 0.25) is 0 Å². The molecule has 1 amide bonds. The Kier molecular flexibility index (Phi) is 6.35. The van der Waals surface area contributed by atoms with Crippen LogP contribution in [-0.4, -0.2) is 19.1 Å². The zero-order valence-corrected chi connectivity index (χ0v) is 15.2. The van der Waals surface area contributed by atoms with Gasteiger partial charge in [0, 0.05) is 10.0 Å². The average Bonchev–Trinajstić information content (AvgIpc) is 2.55. The van der Waals surface area contributed by atoms with Crippen molar-refractivity contribution in [3.8, 4) is 11.5 Å². The number of nitrogens with one attached hydrogen (secondary N) is 1. The molecule has 0 unspecified atom stereocenters. The highest BCUT2D eigenvalue weighted by atomic mass is 35.5. The lowest BCUT2D eigenvalue weighted by Crippen LogP contribution is -2.37. The second kappa shape index (κ2) is 8.27. The zero-order chi connectivity index (χ0) is 17.7. The lowest BCUT2D eigenvalue weighted by atomic mass is 10.1. The van der Waals surface area contributed by atoms with E-state index in [9.17, 15) is 4.79 Å². The molecule has 0 heterocycles. The minimum absolute atomic E-state index is 0.251. The van der Waals surface area contributed by atoms with Gasteiger partial charge in [-0.05, 0) is 43.7 Å². The number of hydrogen-bond acceptors (Lipinski definition) is 3. The van der Waals surface area contributed by atoms with Gasteiger partial charge in [-0.15, -0.1) is 0 Å². The first-order valence-electron chi connectivity index (χ1n) is 7.47. The highest BCUT2D eigenvalue weighted by Gasteiger charge is 2.20. The van der Waals surface area contributed by atoms with Crippen LogP contribution >= 0.6 is 23.2 Å². The molecule has 0 fully saturated rings. The number of carbonyl (C=O) groups is 1. The third-order valence-electron chi connectivity index (χ3n) is 3.53. The number of para-hydroxylation sites is 2. The molecule has 0 spiro atoms. The lowest BCUT2D eigenvalue weighted by molar-refractivity contribution is -0.127. The monoisotopic (exact) mass is 367 g/mol. The summed E-state index contributed by atoms with van der Waals surface area (Å²) in [5.41, 5.74) is 0.791. The standard InChI is InChI=1S/C18H19Cl2NO3/c1-11(14-9-8-13(19)10-15(14)20)21-18(22)12(2)24-17-7-5-4-6-16(17)23-3/h4-12H,1-3H3,(H,21,22)/t11-,12-/m0/s1. The lowest BCUT2D eigenvalue weighted by Gasteiger charge is -2.20. The molecule has 0 saturated heterocycles. The number of carbonyl (C=O) groups excluding carboxylic acids is 1. The highest BCUT2D eigenvalue weighted by Crippen LogP contribution is 2.28. The second-order valence-electron chi connectivity index (χ2n) is 5.31. The molecule has 24 heavy (non-hydrogen) atoms. The molecule has 4 nitrogen and oxygen atoms in total. The maximum absolute atomic E-state index is 12.4. The van der Waals surface area contributed by atoms with E-state index in [1.54, 1.807) is 44.4 Å². The van der Waals surface area contributed by atoms with Crippen molar-refractivity contribution in [1.82, 2.24) is 5.32 Å². The van der Waals surface area contributed by atoms with Crippen molar-refractivity contribution in [2.24, 2.45) is 0 Å². The van der Waals surface area contributed by atoms with E-state index in [0.717, 1.165) is 5.56 Å². The first-order chi connectivity index (χ1) is 11.4. The minimum Gasteiger partial charge on any atom is -0.493 e. The molecule has 0 aliphatic heterocycles. The predicted octanol–water partition coefficient (Wildman–Crippen LogP) is 4.65. The summed E-state index contributed by atoms with van der Waals surface area (Å²) in [4.78, 5) is 12.4.